The molecule has 0 spiro atoms. The lowest BCUT2D eigenvalue weighted by atomic mass is 10.1. The quantitative estimate of drug-likeness (QED) is 0.693. The van der Waals surface area contributed by atoms with Crippen LogP contribution in [0.2, 0.25) is 0 Å². The van der Waals surface area contributed by atoms with Crippen LogP contribution < -0.4 is 11.2 Å². The largest absolute Gasteiger partial charge is 0.339 e. The molecule has 1 aromatic carbocycles. The Bertz CT molecular complexity index is 999. The Labute approximate surface area is 134 Å². The summed E-state index contributed by atoms with van der Waals surface area (Å²) in [5.41, 5.74) is 1.69. The molecule has 0 saturated heterocycles. The first-order chi connectivity index (χ1) is 10.7. The summed E-state index contributed by atoms with van der Waals surface area (Å²) in [4.78, 5) is 25.0. The molecular weight excluding hydrogens is 290 g/mol. The maximum atomic E-state index is 12.8. The van der Waals surface area contributed by atoms with Crippen molar-refractivity contribution in [3.05, 3.63) is 57.4 Å². The van der Waals surface area contributed by atoms with Gasteiger partial charge in [0.05, 0.1) is 16.6 Å². The van der Waals surface area contributed by atoms with Crippen molar-refractivity contribution in [2.24, 2.45) is 14.1 Å². The minimum absolute atomic E-state index is 0.217. The van der Waals surface area contributed by atoms with Gasteiger partial charge in [-0.1, -0.05) is 30.3 Å². The van der Waals surface area contributed by atoms with Crippen molar-refractivity contribution in [3.63, 3.8) is 0 Å². The molecule has 0 bridgehead atoms. The van der Waals surface area contributed by atoms with Crippen molar-refractivity contribution in [2.45, 2.75) is 26.3 Å². The van der Waals surface area contributed by atoms with Crippen molar-refractivity contribution >= 4 is 10.9 Å². The predicted molar refractivity (Wildman–Crippen MR) is 92.9 cm³/mol. The first-order valence-electron chi connectivity index (χ1n) is 7.60. The summed E-state index contributed by atoms with van der Waals surface area (Å²) in [6.45, 7) is 6.25. The summed E-state index contributed by atoms with van der Waals surface area (Å²) in [6.07, 6.45) is 1.90. The van der Waals surface area contributed by atoms with E-state index in [9.17, 15) is 9.59 Å². The minimum Gasteiger partial charge on any atom is -0.339 e. The molecule has 0 aliphatic rings. The van der Waals surface area contributed by atoms with E-state index in [1.54, 1.807) is 7.05 Å². The van der Waals surface area contributed by atoms with E-state index >= 15 is 0 Å². The van der Waals surface area contributed by atoms with Crippen LogP contribution >= 0.6 is 0 Å². The summed E-state index contributed by atoms with van der Waals surface area (Å²) < 4.78 is 4.78. The molecule has 0 radical (unpaired) electrons. The summed E-state index contributed by atoms with van der Waals surface area (Å²) in [6, 6.07) is 9.83. The number of aryl methyl sites for hydroxylation is 1. The maximum Gasteiger partial charge on any atom is 0.330 e. The van der Waals surface area contributed by atoms with Gasteiger partial charge in [-0.05, 0) is 26.3 Å². The molecule has 120 valence electrons. The van der Waals surface area contributed by atoms with E-state index in [0.29, 0.717) is 10.9 Å². The van der Waals surface area contributed by atoms with Gasteiger partial charge in [-0.15, -0.1) is 0 Å². The first-order valence-corrected chi connectivity index (χ1v) is 7.60. The van der Waals surface area contributed by atoms with Gasteiger partial charge in [0.25, 0.3) is 5.56 Å². The highest BCUT2D eigenvalue weighted by atomic mass is 16.2. The van der Waals surface area contributed by atoms with E-state index in [1.165, 1.54) is 16.2 Å². The minimum atomic E-state index is -0.312. The number of hydrogen-bond donors (Lipinski definition) is 0. The summed E-state index contributed by atoms with van der Waals surface area (Å²) in [7, 11) is 3.22. The number of nitrogens with zero attached hydrogens (tertiary/aromatic N) is 3. The van der Waals surface area contributed by atoms with E-state index in [4.69, 9.17) is 0 Å². The number of aromatic nitrogens is 3. The predicted octanol–water partition coefficient (Wildman–Crippen LogP) is 2.46. The van der Waals surface area contributed by atoms with Gasteiger partial charge in [0.1, 0.15) is 0 Å². The monoisotopic (exact) mass is 311 g/mol. The Balaban J connectivity index is 2.60. The third-order valence-corrected chi connectivity index (χ3v) is 4.21. The molecule has 0 unspecified atom stereocenters. The zero-order valence-electron chi connectivity index (χ0n) is 14.1. The van der Waals surface area contributed by atoms with E-state index in [0.717, 1.165) is 11.3 Å². The average molecular weight is 311 g/mol. The van der Waals surface area contributed by atoms with E-state index < -0.39 is 0 Å². The molecule has 0 saturated carbocycles. The molecule has 3 rings (SSSR count). The highest BCUT2D eigenvalue weighted by Gasteiger charge is 2.24. The Kier molecular flexibility index (Phi) is 3.32. The molecule has 0 atom stereocenters. The molecule has 5 nitrogen and oxygen atoms in total. The van der Waals surface area contributed by atoms with Crippen molar-refractivity contribution in [1.82, 2.24) is 13.7 Å². The van der Waals surface area contributed by atoms with Crippen LogP contribution in [0, 0.1) is 0 Å². The third-order valence-electron chi connectivity index (χ3n) is 4.21. The van der Waals surface area contributed by atoms with Crippen LogP contribution in [-0.4, -0.2) is 13.7 Å². The van der Waals surface area contributed by atoms with Gasteiger partial charge in [0, 0.05) is 25.8 Å². The van der Waals surface area contributed by atoms with Gasteiger partial charge < -0.3 is 4.57 Å². The lowest BCUT2D eigenvalue weighted by Gasteiger charge is -2.24. The Morgan fingerprint density at radius 3 is 2.09 bits per heavy atom. The molecule has 5 heteroatoms. The highest BCUT2D eigenvalue weighted by Crippen LogP contribution is 2.32. The molecule has 0 fully saturated rings. The van der Waals surface area contributed by atoms with E-state index in [-0.39, 0.29) is 16.8 Å². The molecule has 0 N–H and O–H groups in total. The zero-order valence-corrected chi connectivity index (χ0v) is 14.1. The van der Waals surface area contributed by atoms with Gasteiger partial charge in [-0.2, -0.15) is 0 Å². The number of hydrogen-bond acceptors (Lipinski definition) is 2. The van der Waals surface area contributed by atoms with Crippen molar-refractivity contribution < 1.29 is 0 Å². The van der Waals surface area contributed by atoms with Gasteiger partial charge in [0.15, 0.2) is 0 Å². The highest BCUT2D eigenvalue weighted by molar-refractivity contribution is 5.93. The Hall–Kier alpha value is -2.56. The van der Waals surface area contributed by atoms with Crippen LogP contribution in [0.5, 0.6) is 0 Å². The second kappa shape index (κ2) is 4.98. The average Bonchev–Trinajstić information content (AvgIpc) is 2.92. The van der Waals surface area contributed by atoms with Crippen LogP contribution in [0.1, 0.15) is 20.8 Å². The second-order valence-electron chi connectivity index (χ2n) is 6.85. The van der Waals surface area contributed by atoms with Crippen molar-refractivity contribution in [2.75, 3.05) is 0 Å². The standard InChI is InChI=1S/C18H21N3O2/c1-18(2,3)21-11-13-14(15(21)12-9-7-6-8-10-12)16(22)20(5)17(23)19(13)4/h6-11H,1-5H3. The fraction of sp³-hybridized carbons (Fsp3) is 0.333. The Morgan fingerprint density at radius 2 is 1.52 bits per heavy atom. The molecule has 0 amide bonds. The Morgan fingerprint density at radius 1 is 0.913 bits per heavy atom. The second-order valence-corrected chi connectivity index (χ2v) is 6.85. The van der Waals surface area contributed by atoms with Crippen molar-refractivity contribution in [3.8, 4) is 11.3 Å². The molecule has 2 aromatic heterocycles. The van der Waals surface area contributed by atoms with Crippen molar-refractivity contribution in [1.29, 1.82) is 0 Å². The van der Waals surface area contributed by atoms with Crippen LogP contribution in [0.3, 0.4) is 0 Å². The third kappa shape index (κ3) is 2.23. The fourth-order valence-corrected chi connectivity index (χ4v) is 2.95. The molecular formula is C18H21N3O2. The molecule has 0 aliphatic heterocycles. The maximum absolute atomic E-state index is 12.8. The first kappa shape index (κ1) is 15.3. The normalized spacial score (nSPS) is 12.0. The van der Waals surface area contributed by atoms with Gasteiger partial charge >= 0.3 is 5.69 Å². The number of benzene rings is 1. The molecule has 2 heterocycles. The SMILES string of the molecule is Cn1c(=O)c2c(-c3ccccc3)n(C(C)(C)C)cc2n(C)c1=O. The van der Waals surface area contributed by atoms with Gasteiger partial charge in [-0.3, -0.25) is 13.9 Å². The summed E-state index contributed by atoms with van der Waals surface area (Å²) in [5.74, 6) is 0. The summed E-state index contributed by atoms with van der Waals surface area (Å²) in [5, 5.41) is 0.579. The number of rotatable bonds is 1. The van der Waals surface area contributed by atoms with Crippen LogP contribution in [0.4, 0.5) is 0 Å². The fourth-order valence-electron chi connectivity index (χ4n) is 2.95. The number of fused-ring (bicyclic) bond motifs is 1. The molecule has 0 aliphatic carbocycles. The van der Waals surface area contributed by atoms with Crippen LogP contribution in [-0.2, 0) is 19.6 Å². The summed E-state index contributed by atoms with van der Waals surface area (Å²) >= 11 is 0. The molecule has 3 aromatic rings. The van der Waals surface area contributed by atoms with Gasteiger partial charge in [-0.25, -0.2) is 4.79 Å². The zero-order chi connectivity index (χ0) is 16.9. The van der Waals surface area contributed by atoms with Gasteiger partial charge in [0.2, 0.25) is 0 Å². The van der Waals surface area contributed by atoms with Crippen LogP contribution in [0.25, 0.3) is 22.2 Å². The topological polar surface area (TPSA) is 48.9 Å². The van der Waals surface area contributed by atoms with E-state index in [1.807, 2.05) is 36.5 Å². The smallest absolute Gasteiger partial charge is 0.330 e. The lowest BCUT2D eigenvalue weighted by Crippen LogP contribution is -2.36. The lowest BCUT2D eigenvalue weighted by molar-refractivity contribution is 0.403. The van der Waals surface area contributed by atoms with E-state index in [2.05, 4.69) is 25.3 Å². The molecule has 23 heavy (non-hydrogen) atoms. The van der Waals surface area contributed by atoms with Crippen LogP contribution in [0.15, 0.2) is 46.1 Å².